The van der Waals surface area contributed by atoms with Crippen molar-refractivity contribution in [2.24, 2.45) is 5.92 Å². The van der Waals surface area contributed by atoms with Crippen LogP contribution in [0.5, 0.6) is 0 Å². The fraction of sp³-hybridized carbons (Fsp3) is 0.545. The number of aryl methyl sites for hydroxylation is 2. The minimum Gasteiger partial charge on any atom is -0.299 e. The first-order chi connectivity index (χ1) is 6.18. The van der Waals surface area contributed by atoms with Crippen molar-refractivity contribution in [3.8, 4) is 0 Å². The number of ketones is 1. The highest BCUT2D eigenvalue weighted by Crippen LogP contribution is 2.52. The van der Waals surface area contributed by atoms with Gasteiger partial charge in [0.05, 0.1) is 0 Å². The molecule has 0 N–H and O–H groups in total. The minimum absolute atomic E-state index is 0.306. The molecule has 0 spiro atoms. The molecule has 2 aliphatic rings. The second-order valence-electron chi connectivity index (χ2n) is 4.22. The lowest BCUT2D eigenvalue weighted by molar-refractivity contribution is -0.128. The third kappa shape index (κ3) is 0.798. The number of carbonyl (C=O) groups is 1. The Morgan fingerprint density at radius 3 is 2.69 bits per heavy atom. The van der Waals surface area contributed by atoms with E-state index in [1.807, 2.05) is 11.3 Å². The molecule has 68 valence electrons. The summed E-state index contributed by atoms with van der Waals surface area (Å²) in [5.41, 5.74) is 2.91. The minimum atomic E-state index is 0.306. The Bertz CT molecular complexity index is 402. The lowest BCUT2D eigenvalue weighted by atomic mass is 9.73. The maximum Gasteiger partial charge on any atom is 0.141 e. The molecule has 1 nitrogen and oxygen atoms in total. The lowest BCUT2D eigenvalue weighted by Gasteiger charge is -2.29. The predicted octanol–water partition coefficient (Wildman–Crippen LogP) is 2.59. The molecule has 13 heavy (non-hydrogen) atoms. The molecule has 0 amide bonds. The first kappa shape index (κ1) is 7.74. The Balaban J connectivity index is 2.19. The van der Waals surface area contributed by atoms with Gasteiger partial charge in [-0.2, -0.15) is 0 Å². The van der Waals surface area contributed by atoms with Crippen LogP contribution >= 0.6 is 11.3 Å². The Kier molecular flexibility index (Phi) is 1.33. The number of Topliss-reactive ketones (excluding diaryl/α,β-unsaturated/α-hetero) is 1. The van der Waals surface area contributed by atoms with Gasteiger partial charge in [-0.3, -0.25) is 4.79 Å². The van der Waals surface area contributed by atoms with E-state index in [2.05, 4.69) is 13.8 Å². The molecule has 1 aromatic rings. The van der Waals surface area contributed by atoms with E-state index in [9.17, 15) is 4.79 Å². The third-order valence-electron chi connectivity index (χ3n) is 3.49. The van der Waals surface area contributed by atoms with E-state index in [-0.39, 0.29) is 0 Å². The van der Waals surface area contributed by atoms with Gasteiger partial charge in [-0.05, 0) is 37.3 Å². The second-order valence-corrected chi connectivity index (χ2v) is 5.65. The van der Waals surface area contributed by atoms with Gasteiger partial charge in [0.15, 0.2) is 0 Å². The van der Waals surface area contributed by atoms with E-state index in [0.717, 1.165) is 6.42 Å². The van der Waals surface area contributed by atoms with E-state index in [1.165, 1.54) is 27.3 Å². The van der Waals surface area contributed by atoms with Crippen molar-refractivity contribution in [2.75, 3.05) is 0 Å². The van der Waals surface area contributed by atoms with Crippen LogP contribution in [0.3, 0.4) is 0 Å². The van der Waals surface area contributed by atoms with Crippen LogP contribution in [-0.2, 0) is 11.2 Å². The fourth-order valence-electron chi connectivity index (χ4n) is 2.86. The Morgan fingerprint density at radius 1 is 1.23 bits per heavy atom. The smallest absolute Gasteiger partial charge is 0.141 e. The third-order valence-corrected chi connectivity index (χ3v) is 4.57. The molecule has 0 radical (unpaired) electrons. The number of thiophene rings is 1. The van der Waals surface area contributed by atoms with Crippen molar-refractivity contribution in [3.63, 3.8) is 0 Å². The summed E-state index contributed by atoms with van der Waals surface area (Å²) in [5.74, 6) is 1.45. The van der Waals surface area contributed by atoms with Gasteiger partial charge in [0.2, 0.25) is 0 Å². The van der Waals surface area contributed by atoms with Crippen LogP contribution in [0.1, 0.15) is 33.2 Å². The number of carbonyl (C=O) groups excluding carboxylic acids is 1. The molecule has 1 heterocycles. The van der Waals surface area contributed by atoms with Gasteiger partial charge in [0.1, 0.15) is 5.78 Å². The molecule has 2 unspecified atom stereocenters. The van der Waals surface area contributed by atoms with Gasteiger partial charge in [-0.25, -0.2) is 0 Å². The van der Waals surface area contributed by atoms with Crippen LogP contribution in [0.2, 0.25) is 0 Å². The molecule has 0 aliphatic heterocycles. The van der Waals surface area contributed by atoms with Crippen LogP contribution in [0.4, 0.5) is 0 Å². The average Bonchev–Trinajstić information content (AvgIpc) is 2.48. The zero-order valence-electron chi connectivity index (χ0n) is 7.89. The highest BCUT2D eigenvalue weighted by atomic mass is 32.1. The second kappa shape index (κ2) is 2.24. The van der Waals surface area contributed by atoms with Crippen LogP contribution in [0.15, 0.2) is 0 Å². The van der Waals surface area contributed by atoms with Crippen molar-refractivity contribution in [1.82, 2.24) is 0 Å². The Labute approximate surface area is 81.8 Å². The maximum atomic E-state index is 11.4. The molecule has 2 atom stereocenters. The molecule has 1 saturated carbocycles. The summed E-state index contributed by atoms with van der Waals surface area (Å²) in [6.07, 6.45) is 2.00. The first-order valence-corrected chi connectivity index (χ1v) is 5.61. The zero-order chi connectivity index (χ0) is 9.16. The fourth-order valence-corrected chi connectivity index (χ4v) is 4.00. The van der Waals surface area contributed by atoms with Gasteiger partial charge in [0, 0.05) is 22.1 Å². The summed E-state index contributed by atoms with van der Waals surface area (Å²) < 4.78 is 0. The molecular formula is C11H12OS. The summed E-state index contributed by atoms with van der Waals surface area (Å²) in [4.78, 5) is 14.3. The summed E-state index contributed by atoms with van der Waals surface area (Å²) >= 11 is 1.86. The Hall–Kier alpha value is -0.630. The van der Waals surface area contributed by atoms with Crippen molar-refractivity contribution in [1.29, 1.82) is 0 Å². The van der Waals surface area contributed by atoms with Crippen molar-refractivity contribution >= 4 is 17.1 Å². The quantitative estimate of drug-likeness (QED) is 0.617. The summed E-state index contributed by atoms with van der Waals surface area (Å²) in [5, 5.41) is 0. The van der Waals surface area contributed by atoms with E-state index < -0.39 is 0 Å². The van der Waals surface area contributed by atoms with Crippen LogP contribution < -0.4 is 0 Å². The molecule has 3 rings (SSSR count). The zero-order valence-corrected chi connectivity index (χ0v) is 8.70. The van der Waals surface area contributed by atoms with Gasteiger partial charge in [0.25, 0.3) is 0 Å². The SMILES string of the molecule is Cc1sc(C)c2c1CC1CC(=O)C21. The van der Waals surface area contributed by atoms with Gasteiger partial charge >= 0.3 is 0 Å². The Morgan fingerprint density at radius 2 is 2.00 bits per heavy atom. The molecular weight excluding hydrogens is 180 g/mol. The largest absolute Gasteiger partial charge is 0.299 e. The van der Waals surface area contributed by atoms with Crippen LogP contribution in [0, 0.1) is 19.8 Å². The van der Waals surface area contributed by atoms with E-state index in [4.69, 9.17) is 0 Å². The number of hydrogen-bond donors (Lipinski definition) is 0. The number of fused-ring (bicyclic) bond motifs is 3. The average molecular weight is 192 g/mol. The van der Waals surface area contributed by atoms with Crippen LogP contribution in [-0.4, -0.2) is 5.78 Å². The van der Waals surface area contributed by atoms with E-state index >= 15 is 0 Å². The van der Waals surface area contributed by atoms with Crippen molar-refractivity contribution < 1.29 is 4.79 Å². The van der Waals surface area contributed by atoms with Gasteiger partial charge in [-0.1, -0.05) is 0 Å². The topological polar surface area (TPSA) is 17.1 Å². The van der Waals surface area contributed by atoms with Gasteiger partial charge in [-0.15, -0.1) is 11.3 Å². The molecule has 1 aromatic heterocycles. The maximum absolute atomic E-state index is 11.4. The monoisotopic (exact) mass is 192 g/mol. The molecule has 0 bridgehead atoms. The normalized spacial score (nSPS) is 29.8. The molecule has 0 saturated heterocycles. The molecule has 1 fully saturated rings. The first-order valence-electron chi connectivity index (χ1n) is 4.80. The molecule has 2 aliphatic carbocycles. The summed E-state index contributed by atoms with van der Waals surface area (Å²) in [7, 11) is 0. The summed E-state index contributed by atoms with van der Waals surface area (Å²) in [6, 6.07) is 0. The van der Waals surface area contributed by atoms with Gasteiger partial charge < -0.3 is 0 Å². The summed E-state index contributed by atoms with van der Waals surface area (Å²) in [6.45, 7) is 4.34. The van der Waals surface area contributed by atoms with Crippen molar-refractivity contribution in [2.45, 2.75) is 32.6 Å². The standard InChI is InChI=1S/C11H12OS/c1-5-8-3-7-4-9(12)11(7)10(8)6(2)13-5/h7,11H,3-4H2,1-2H3. The number of rotatable bonds is 0. The predicted molar refractivity (Wildman–Crippen MR) is 53.4 cm³/mol. The van der Waals surface area contributed by atoms with E-state index in [1.54, 1.807) is 0 Å². The lowest BCUT2D eigenvalue weighted by Crippen LogP contribution is -2.31. The molecule has 2 heteroatoms. The highest BCUT2D eigenvalue weighted by molar-refractivity contribution is 7.12. The number of hydrogen-bond acceptors (Lipinski definition) is 2. The van der Waals surface area contributed by atoms with Crippen molar-refractivity contribution in [3.05, 3.63) is 20.9 Å². The molecule has 0 aromatic carbocycles. The van der Waals surface area contributed by atoms with Crippen LogP contribution in [0.25, 0.3) is 0 Å². The highest BCUT2D eigenvalue weighted by Gasteiger charge is 2.48. The van der Waals surface area contributed by atoms with E-state index in [0.29, 0.717) is 17.6 Å².